The van der Waals surface area contributed by atoms with E-state index < -0.39 is 42.0 Å². The molecule has 2 atom stereocenters. The van der Waals surface area contributed by atoms with E-state index in [1.165, 1.54) is 4.90 Å². The van der Waals surface area contributed by atoms with Gasteiger partial charge in [-0.25, -0.2) is 13.6 Å². The number of nitrogens with zero attached hydrogens (tertiary/aromatic N) is 2. The van der Waals surface area contributed by atoms with Crippen LogP contribution in [-0.2, 0) is 21.7 Å². The standard InChI is InChI=1S/C33H28F2N2O3/c34-32(35)23-36(31(39)40-22-24-13-5-1-6-14-24)29-28(32)21-37(30(29)38)33(25-15-7-2-8-16-25,26-17-9-3-10-18-26)27-19-11-4-12-20-27/h1-20,28-29H,21-23H2/t28-,29-/m1/s1. The number of rotatable bonds is 6. The molecular formula is C33H28F2N2O3. The highest BCUT2D eigenvalue weighted by Gasteiger charge is 2.66. The summed E-state index contributed by atoms with van der Waals surface area (Å²) in [5.41, 5.74) is 1.83. The maximum absolute atomic E-state index is 15.6. The topological polar surface area (TPSA) is 49.9 Å². The molecule has 2 saturated heterocycles. The quantitative estimate of drug-likeness (QED) is 0.279. The molecule has 2 fully saturated rings. The lowest BCUT2D eigenvalue weighted by molar-refractivity contribution is -0.135. The van der Waals surface area contributed by atoms with Crippen LogP contribution in [0.25, 0.3) is 0 Å². The van der Waals surface area contributed by atoms with Crippen LogP contribution in [0.4, 0.5) is 13.6 Å². The molecular weight excluding hydrogens is 510 g/mol. The van der Waals surface area contributed by atoms with Gasteiger partial charge in [0.15, 0.2) is 0 Å². The monoisotopic (exact) mass is 538 g/mol. The van der Waals surface area contributed by atoms with Crippen LogP contribution in [0, 0.1) is 5.92 Å². The summed E-state index contributed by atoms with van der Waals surface area (Å²) in [5.74, 6) is -5.17. The fourth-order valence-corrected chi connectivity index (χ4v) is 6.16. The predicted molar refractivity (Wildman–Crippen MR) is 146 cm³/mol. The van der Waals surface area contributed by atoms with Gasteiger partial charge >= 0.3 is 6.09 Å². The normalized spacial score (nSPS) is 19.9. The van der Waals surface area contributed by atoms with Gasteiger partial charge in [0, 0.05) is 6.54 Å². The van der Waals surface area contributed by atoms with Crippen molar-refractivity contribution in [2.45, 2.75) is 24.1 Å². The highest BCUT2D eigenvalue weighted by atomic mass is 19.3. The van der Waals surface area contributed by atoms with Crippen molar-refractivity contribution in [3.05, 3.63) is 144 Å². The summed E-state index contributed by atoms with van der Waals surface area (Å²) >= 11 is 0. The van der Waals surface area contributed by atoms with Crippen molar-refractivity contribution >= 4 is 12.0 Å². The Balaban J connectivity index is 1.44. The van der Waals surface area contributed by atoms with E-state index in [2.05, 4.69) is 0 Å². The number of carbonyl (C=O) groups excluding carboxylic acids is 2. The molecule has 0 bridgehead atoms. The second-order valence-corrected chi connectivity index (χ2v) is 10.2. The van der Waals surface area contributed by atoms with Crippen LogP contribution in [0.3, 0.4) is 0 Å². The van der Waals surface area contributed by atoms with E-state index in [-0.39, 0.29) is 13.2 Å². The highest BCUT2D eigenvalue weighted by molar-refractivity contribution is 5.91. The zero-order chi connectivity index (χ0) is 27.7. The van der Waals surface area contributed by atoms with Gasteiger partial charge in [0.05, 0.1) is 12.5 Å². The number of halogens is 2. The number of fused-ring (bicyclic) bond motifs is 1. The Morgan fingerprint density at radius 1 is 0.775 bits per heavy atom. The molecule has 0 unspecified atom stereocenters. The van der Waals surface area contributed by atoms with Gasteiger partial charge in [-0.3, -0.25) is 9.69 Å². The van der Waals surface area contributed by atoms with E-state index in [0.717, 1.165) is 27.2 Å². The summed E-state index contributed by atoms with van der Waals surface area (Å²) in [6, 6.07) is 36.0. The Labute approximate surface area is 231 Å². The molecule has 0 radical (unpaired) electrons. The van der Waals surface area contributed by atoms with Crippen LogP contribution in [0.5, 0.6) is 0 Å². The third-order valence-corrected chi connectivity index (χ3v) is 7.96. The summed E-state index contributed by atoms with van der Waals surface area (Å²) < 4.78 is 36.6. The molecule has 2 aliphatic rings. The van der Waals surface area contributed by atoms with Gasteiger partial charge in [-0.2, -0.15) is 0 Å². The molecule has 202 valence electrons. The molecule has 4 aromatic rings. The first-order chi connectivity index (χ1) is 19.4. The molecule has 2 heterocycles. The smallest absolute Gasteiger partial charge is 0.411 e. The van der Waals surface area contributed by atoms with E-state index in [0.29, 0.717) is 0 Å². The molecule has 0 saturated carbocycles. The summed E-state index contributed by atoms with van der Waals surface area (Å²) in [5, 5.41) is 0. The van der Waals surface area contributed by atoms with Crippen LogP contribution in [0.15, 0.2) is 121 Å². The Hall–Kier alpha value is -4.52. The average Bonchev–Trinajstić information content (AvgIpc) is 3.48. The van der Waals surface area contributed by atoms with Gasteiger partial charge in [0.1, 0.15) is 18.2 Å². The zero-order valence-electron chi connectivity index (χ0n) is 21.7. The number of ether oxygens (including phenoxy) is 1. The molecule has 0 N–H and O–H groups in total. The first-order valence-electron chi connectivity index (χ1n) is 13.3. The summed E-state index contributed by atoms with van der Waals surface area (Å²) in [4.78, 5) is 30.0. The molecule has 5 nitrogen and oxygen atoms in total. The van der Waals surface area contributed by atoms with Gasteiger partial charge in [-0.05, 0) is 22.3 Å². The van der Waals surface area contributed by atoms with Crippen molar-refractivity contribution in [3.63, 3.8) is 0 Å². The molecule has 0 aliphatic carbocycles. The average molecular weight is 539 g/mol. The Morgan fingerprint density at radius 3 is 1.70 bits per heavy atom. The first-order valence-corrected chi connectivity index (χ1v) is 13.3. The van der Waals surface area contributed by atoms with Gasteiger partial charge in [0.25, 0.3) is 5.92 Å². The van der Waals surface area contributed by atoms with Crippen LogP contribution in [0.2, 0.25) is 0 Å². The van der Waals surface area contributed by atoms with Crippen molar-refractivity contribution < 1.29 is 23.1 Å². The second kappa shape index (κ2) is 10.2. The van der Waals surface area contributed by atoms with Crippen molar-refractivity contribution in [3.8, 4) is 0 Å². The van der Waals surface area contributed by atoms with Gasteiger partial charge in [0.2, 0.25) is 5.91 Å². The lowest BCUT2D eigenvalue weighted by Crippen LogP contribution is -2.53. The maximum atomic E-state index is 15.6. The molecule has 2 aliphatic heterocycles. The van der Waals surface area contributed by atoms with E-state index in [1.54, 1.807) is 24.3 Å². The SMILES string of the molecule is O=C(OCc1ccccc1)N1CC(F)(F)[C@@H]2CN(C(c3ccccc3)(c3ccccc3)c3ccccc3)C(=O)[C@@H]21. The van der Waals surface area contributed by atoms with Crippen LogP contribution in [-0.4, -0.2) is 46.9 Å². The summed E-state index contributed by atoms with van der Waals surface area (Å²) in [6.45, 7) is -1.15. The molecule has 6 rings (SSSR count). The lowest BCUT2D eigenvalue weighted by Gasteiger charge is -2.44. The van der Waals surface area contributed by atoms with E-state index in [9.17, 15) is 9.59 Å². The summed E-state index contributed by atoms with van der Waals surface area (Å²) in [7, 11) is 0. The van der Waals surface area contributed by atoms with Gasteiger partial charge in [-0.15, -0.1) is 0 Å². The number of hydrogen-bond donors (Lipinski definition) is 0. The van der Waals surface area contributed by atoms with E-state index >= 15 is 8.78 Å². The molecule has 7 heteroatoms. The molecule has 2 amide bonds. The second-order valence-electron chi connectivity index (χ2n) is 10.2. The zero-order valence-corrected chi connectivity index (χ0v) is 21.7. The van der Waals surface area contributed by atoms with Crippen LogP contribution in [0.1, 0.15) is 22.3 Å². The fraction of sp³-hybridized carbons (Fsp3) is 0.212. The molecule has 0 spiro atoms. The van der Waals surface area contributed by atoms with Crippen molar-refractivity contribution in [1.29, 1.82) is 0 Å². The third-order valence-electron chi connectivity index (χ3n) is 7.96. The number of carbonyl (C=O) groups is 2. The number of likely N-dealkylation sites (tertiary alicyclic amines) is 2. The predicted octanol–water partition coefficient (Wildman–Crippen LogP) is 6.09. The molecule has 0 aromatic heterocycles. The maximum Gasteiger partial charge on any atom is 0.411 e. The van der Waals surface area contributed by atoms with Crippen molar-refractivity contribution in [2.75, 3.05) is 13.1 Å². The van der Waals surface area contributed by atoms with Crippen LogP contribution >= 0.6 is 0 Å². The third kappa shape index (κ3) is 4.22. The van der Waals surface area contributed by atoms with Gasteiger partial charge < -0.3 is 9.64 Å². The van der Waals surface area contributed by atoms with Gasteiger partial charge in [-0.1, -0.05) is 121 Å². The largest absolute Gasteiger partial charge is 0.445 e. The highest BCUT2D eigenvalue weighted by Crippen LogP contribution is 2.50. The Kier molecular flexibility index (Phi) is 6.58. The number of hydrogen-bond acceptors (Lipinski definition) is 3. The number of benzene rings is 4. The minimum Gasteiger partial charge on any atom is -0.445 e. The summed E-state index contributed by atoms with van der Waals surface area (Å²) in [6.07, 6.45) is -0.920. The van der Waals surface area contributed by atoms with Crippen molar-refractivity contribution in [2.24, 2.45) is 5.92 Å². The van der Waals surface area contributed by atoms with Crippen molar-refractivity contribution in [1.82, 2.24) is 9.80 Å². The van der Waals surface area contributed by atoms with E-state index in [1.807, 2.05) is 97.1 Å². The minimum atomic E-state index is -3.27. The lowest BCUT2D eigenvalue weighted by atomic mass is 9.75. The van der Waals surface area contributed by atoms with E-state index in [4.69, 9.17) is 4.74 Å². The number of amides is 2. The minimum absolute atomic E-state index is 0.0704. The molecule has 40 heavy (non-hydrogen) atoms. The Morgan fingerprint density at radius 2 is 1.23 bits per heavy atom. The fourth-order valence-electron chi connectivity index (χ4n) is 6.16. The van der Waals surface area contributed by atoms with Crippen LogP contribution < -0.4 is 0 Å². The Bertz CT molecular complexity index is 1390. The first kappa shape index (κ1) is 25.7. The number of alkyl halides is 2. The molecule has 4 aromatic carbocycles.